The van der Waals surface area contributed by atoms with Crippen molar-refractivity contribution in [1.29, 1.82) is 0 Å². The van der Waals surface area contributed by atoms with E-state index in [1.54, 1.807) is 36.5 Å². The molecule has 1 aromatic heterocycles. The van der Waals surface area contributed by atoms with E-state index in [0.29, 0.717) is 16.7 Å². The number of nitrogens with one attached hydrogen (secondary N) is 2. The monoisotopic (exact) mass is 356 g/mol. The number of para-hydroxylation sites is 1. The number of alkyl halides is 3. The number of benzene rings is 1. The van der Waals surface area contributed by atoms with Crippen LogP contribution in [0.2, 0.25) is 0 Å². The quantitative estimate of drug-likeness (QED) is 0.816. The SMILES string of the molecule is Cc1nc2ccccc2c(=O)n1CC(=O)NCC(=O)NCC(F)(F)F. The van der Waals surface area contributed by atoms with Crippen LogP contribution in [0.5, 0.6) is 0 Å². The molecule has 0 saturated carbocycles. The first-order chi connectivity index (χ1) is 11.7. The van der Waals surface area contributed by atoms with Crippen molar-refractivity contribution in [3.63, 3.8) is 0 Å². The Hall–Kier alpha value is -2.91. The maximum atomic E-state index is 12.4. The van der Waals surface area contributed by atoms with Crippen molar-refractivity contribution in [3.05, 3.63) is 40.4 Å². The predicted molar refractivity (Wildman–Crippen MR) is 82.8 cm³/mol. The minimum atomic E-state index is -4.53. The molecule has 0 saturated heterocycles. The Morgan fingerprint density at radius 2 is 1.84 bits per heavy atom. The lowest BCUT2D eigenvalue weighted by molar-refractivity contribution is -0.138. The largest absolute Gasteiger partial charge is 0.405 e. The van der Waals surface area contributed by atoms with Crippen molar-refractivity contribution in [2.75, 3.05) is 13.1 Å². The molecule has 0 aliphatic heterocycles. The maximum absolute atomic E-state index is 12.4. The van der Waals surface area contributed by atoms with Crippen LogP contribution in [0.1, 0.15) is 5.82 Å². The lowest BCUT2D eigenvalue weighted by atomic mass is 10.2. The Kier molecular flexibility index (Phi) is 5.40. The average molecular weight is 356 g/mol. The van der Waals surface area contributed by atoms with E-state index >= 15 is 0 Å². The van der Waals surface area contributed by atoms with Gasteiger partial charge in [-0.25, -0.2) is 4.98 Å². The first kappa shape index (κ1) is 18.4. The van der Waals surface area contributed by atoms with Gasteiger partial charge in [0, 0.05) is 0 Å². The van der Waals surface area contributed by atoms with Crippen molar-refractivity contribution < 1.29 is 22.8 Å². The number of carbonyl (C=O) groups is 2. The van der Waals surface area contributed by atoms with Crippen LogP contribution in [0.15, 0.2) is 29.1 Å². The van der Waals surface area contributed by atoms with E-state index < -0.39 is 43.2 Å². The van der Waals surface area contributed by atoms with Crippen LogP contribution in [0.3, 0.4) is 0 Å². The Morgan fingerprint density at radius 1 is 1.16 bits per heavy atom. The standard InChI is InChI=1S/C15H15F3N4O3/c1-9-21-11-5-3-2-4-10(11)14(25)22(9)7-13(24)19-6-12(23)20-8-15(16,17)18/h2-5H,6-8H2,1H3,(H,19,24)(H,20,23). The number of carbonyl (C=O) groups excluding carboxylic acids is 2. The molecule has 1 heterocycles. The molecule has 0 fully saturated rings. The second-order valence-electron chi connectivity index (χ2n) is 5.24. The van der Waals surface area contributed by atoms with Gasteiger partial charge in [-0.2, -0.15) is 13.2 Å². The van der Waals surface area contributed by atoms with Crippen LogP contribution < -0.4 is 16.2 Å². The molecule has 10 heteroatoms. The normalized spacial score (nSPS) is 11.4. The highest BCUT2D eigenvalue weighted by Crippen LogP contribution is 2.11. The molecule has 25 heavy (non-hydrogen) atoms. The lowest BCUT2D eigenvalue weighted by Gasteiger charge is -2.11. The molecule has 134 valence electrons. The third-order valence-electron chi connectivity index (χ3n) is 3.29. The predicted octanol–water partition coefficient (Wildman–Crippen LogP) is 0.500. The van der Waals surface area contributed by atoms with Crippen molar-refractivity contribution in [2.45, 2.75) is 19.6 Å². The summed E-state index contributed by atoms with van der Waals surface area (Å²) in [5.41, 5.74) is 0.0768. The molecule has 0 radical (unpaired) electrons. The molecule has 2 rings (SSSR count). The van der Waals surface area contributed by atoms with Gasteiger partial charge in [-0.05, 0) is 19.1 Å². The first-order valence-corrected chi connectivity index (χ1v) is 7.24. The van der Waals surface area contributed by atoms with E-state index in [-0.39, 0.29) is 0 Å². The number of hydrogen-bond donors (Lipinski definition) is 2. The lowest BCUT2D eigenvalue weighted by Crippen LogP contribution is -2.42. The Bertz CT molecular complexity index is 861. The minimum Gasteiger partial charge on any atom is -0.345 e. The summed E-state index contributed by atoms with van der Waals surface area (Å²) in [7, 11) is 0. The maximum Gasteiger partial charge on any atom is 0.405 e. The molecule has 7 nitrogen and oxygen atoms in total. The van der Waals surface area contributed by atoms with Gasteiger partial charge in [0.2, 0.25) is 11.8 Å². The number of aromatic nitrogens is 2. The van der Waals surface area contributed by atoms with Gasteiger partial charge in [-0.1, -0.05) is 12.1 Å². The first-order valence-electron chi connectivity index (χ1n) is 7.24. The molecule has 0 atom stereocenters. The summed E-state index contributed by atoms with van der Waals surface area (Å²) in [6.45, 7) is -0.940. The van der Waals surface area contributed by atoms with E-state index in [0.717, 1.165) is 4.57 Å². The molecule has 2 amide bonds. The van der Waals surface area contributed by atoms with Crippen molar-refractivity contribution in [2.24, 2.45) is 0 Å². The molecule has 0 bridgehead atoms. The van der Waals surface area contributed by atoms with Crippen LogP contribution >= 0.6 is 0 Å². The molecule has 2 aromatic rings. The topological polar surface area (TPSA) is 93.1 Å². The average Bonchev–Trinajstić information content (AvgIpc) is 2.54. The third-order valence-corrected chi connectivity index (χ3v) is 3.29. The van der Waals surface area contributed by atoms with Crippen molar-refractivity contribution >= 4 is 22.7 Å². The van der Waals surface area contributed by atoms with Gasteiger partial charge in [0.15, 0.2) is 0 Å². The number of nitrogens with zero attached hydrogens (tertiary/aromatic N) is 2. The fourth-order valence-corrected chi connectivity index (χ4v) is 2.10. The van der Waals surface area contributed by atoms with Crippen LogP contribution in [0, 0.1) is 6.92 Å². The number of rotatable bonds is 5. The highest BCUT2D eigenvalue weighted by atomic mass is 19.4. The highest BCUT2D eigenvalue weighted by Gasteiger charge is 2.27. The third kappa shape index (κ3) is 5.03. The summed E-state index contributed by atoms with van der Waals surface area (Å²) in [5, 5.41) is 4.13. The summed E-state index contributed by atoms with van der Waals surface area (Å²) in [4.78, 5) is 39.7. The zero-order chi connectivity index (χ0) is 18.6. The fourth-order valence-electron chi connectivity index (χ4n) is 2.10. The Labute approximate surface area is 139 Å². The summed E-state index contributed by atoms with van der Waals surface area (Å²) < 4.78 is 37.0. The van der Waals surface area contributed by atoms with E-state index in [1.165, 1.54) is 0 Å². The molecule has 1 aromatic carbocycles. The van der Waals surface area contributed by atoms with Gasteiger partial charge in [0.1, 0.15) is 18.9 Å². The second kappa shape index (κ2) is 7.32. The second-order valence-corrected chi connectivity index (χ2v) is 5.24. The molecule has 0 aliphatic carbocycles. The zero-order valence-corrected chi connectivity index (χ0v) is 13.2. The van der Waals surface area contributed by atoms with Gasteiger partial charge in [0.25, 0.3) is 5.56 Å². The summed E-state index contributed by atoms with van der Waals surface area (Å²) >= 11 is 0. The number of aryl methyl sites for hydroxylation is 1. The summed E-state index contributed by atoms with van der Waals surface area (Å²) in [6.07, 6.45) is -4.53. The Morgan fingerprint density at radius 3 is 2.52 bits per heavy atom. The molecule has 0 aliphatic rings. The van der Waals surface area contributed by atoms with Crippen LogP contribution in [-0.4, -0.2) is 40.6 Å². The summed E-state index contributed by atoms with van der Waals surface area (Å²) in [6, 6.07) is 6.63. The van der Waals surface area contributed by atoms with E-state index in [1.807, 2.05) is 0 Å². The fraction of sp³-hybridized carbons (Fsp3) is 0.333. The molecular formula is C15H15F3N4O3. The highest BCUT2D eigenvalue weighted by molar-refractivity contribution is 5.85. The molecule has 2 N–H and O–H groups in total. The smallest absolute Gasteiger partial charge is 0.345 e. The Balaban J connectivity index is 2.00. The minimum absolute atomic E-state index is 0.306. The van der Waals surface area contributed by atoms with E-state index in [9.17, 15) is 27.6 Å². The number of amides is 2. The molecular weight excluding hydrogens is 341 g/mol. The number of hydrogen-bond acceptors (Lipinski definition) is 4. The van der Waals surface area contributed by atoms with E-state index in [2.05, 4.69) is 10.3 Å². The molecule has 0 spiro atoms. The van der Waals surface area contributed by atoms with Crippen LogP contribution in [0.4, 0.5) is 13.2 Å². The van der Waals surface area contributed by atoms with Crippen LogP contribution in [-0.2, 0) is 16.1 Å². The zero-order valence-electron chi connectivity index (χ0n) is 13.2. The van der Waals surface area contributed by atoms with Gasteiger partial charge < -0.3 is 10.6 Å². The summed E-state index contributed by atoms with van der Waals surface area (Å²) in [5.74, 6) is -1.36. The number of fused-ring (bicyclic) bond motifs is 1. The molecule has 0 unspecified atom stereocenters. The van der Waals surface area contributed by atoms with Gasteiger partial charge in [0.05, 0.1) is 17.4 Å². The van der Waals surface area contributed by atoms with E-state index in [4.69, 9.17) is 0 Å². The van der Waals surface area contributed by atoms with Gasteiger partial charge >= 0.3 is 6.18 Å². The van der Waals surface area contributed by atoms with Crippen LogP contribution in [0.25, 0.3) is 10.9 Å². The van der Waals surface area contributed by atoms with Crippen molar-refractivity contribution in [1.82, 2.24) is 20.2 Å². The van der Waals surface area contributed by atoms with Gasteiger partial charge in [-0.3, -0.25) is 19.0 Å². The van der Waals surface area contributed by atoms with Gasteiger partial charge in [-0.15, -0.1) is 0 Å². The van der Waals surface area contributed by atoms with Crippen molar-refractivity contribution in [3.8, 4) is 0 Å². The number of halogens is 3.